The Hall–Kier alpha value is -1.32. The highest BCUT2D eigenvalue weighted by molar-refractivity contribution is 6.31. The number of aliphatic hydroxyl groups is 1. The number of halogens is 1. The third kappa shape index (κ3) is 4.36. The van der Waals surface area contributed by atoms with Crippen LogP contribution in [0.5, 0.6) is 0 Å². The van der Waals surface area contributed by atoms with Gasteiger partial charge in [0.05, 0.1) is 11.1 Å². The average Bonchev–Trinajstić information content (AvgIpc) is 2.28. The first-order valence-electron chi connectivity index (χ1n) is 6.52. The fourth-order valence-corrected chi connectivity index (χ4v) is 1.58. The van der Waals surface area contributed by atoms with E-state index in [9.17, 15) is 9.90 Å². The molecule has 1 aromatic carbocycles. The molecule has 0 aliphatic carbocycles. The molecule has 1 rings (SSSR count). The standard InChI is InChI=1S/C16H22ClNO2/c1-11-6-7-12(10-13(11)17)8-9-14(19)18-15(2,3)16(4,5)20/h6-10,20H,1-5H3,(H,18,19)/b9-8+. The van der Waals surface area contributed by atoms with E-state index in [4.69, 9.17) is 11.6 Å². The fourth-order valence-electron chi connectivity index (χ4n) is 1.39. The minimum atomic E-state index is -1.01. The number of carbonyl (C=O) groups excluding carboxylic acids is 1. The van der Waals surface area contributed by atoms with Gasteiger partial charge in [-0.1, -0.05) is 23.7 Å². The number of amides is 1. The summed E-state index contributed by atoms with van der Waals surface area (Å²) in [6.07, 6.45) is 3.13. The first kappa shape index (κ1) is 16.7. The van der Waals surface area contributed by atoms with Crippen molar-refractivity contribution in [1.29, 1.82) is 0 Å². The van der Waals surface area contributed by atoms with Gasteiger partial charge in [0.2, 0.25) is 5.91 Å². The number of hydrogen-bond donors (Lipinski definition) is 2. The van der Waals surface area contributed by atoms with Gasteiger partial charge in [0.15, 0.2) is 0 Å². The highest BCUT2D eigenvalue weighted by atomic mass is 35.5. The van der Waals surface area contributed by atoms with Crippen LogP contribution in [0.4, 0.5) is 0 Å². The van der Waals surface area contributed by atoms with Gasteiger partial charge in [0.1, 0.15) is 0 Å². The summed E-state index contributed by atoms with van der Waals surface area (Å²) in [7, 11) is 0. The minimum absolute atomic E-state index is 0.256. The second-order valence-corrected chi connectivity index (χ2v) is 6.42. The normalized spacial score (nSPS) is 12.8. The van der Waals surface area contributed by atoms with Gasteiger partial charge in [-0.2, -0.15) is 0 Å². The summed E-state index contributed by atoms with van der Waals surface area (Å²) in [5.74, 6) is -0.256. The van der Waals surface area contributed by atoms with Crippen LogP contribution in [0.3, 0.4) is 0 Å². The molecular formula is C16H22ClNO2. The molecule has 0 fully saturated rings. The molecule has 0 heterocycles. The molecule has 4 heteroatoms. The van der Waals surface area contributed by atoms with Crippen molar-refractivity contribution in [3.8, 4) is 0 Å². The maximum atomic E-state index is 11.9. The summed E-state index contributed by atoms with van der Waals surface area (Å²) in [6.45, 7) is 8.81. The quantitative estimate of drug-likeness (QED) is 0.837. The van der Waals surface area contributed by atoms with Gasteiger partial charge in [-0.05, 0) is 57.9 Å². The van der Waals surface area contributed by atoms with Crippen LogP contribution in [-0.2, 0) is 4.79 Å². The maximum Gasteiger partial charge on any atom is 0.244 e. The summed E-state index contributed by atoms with van der Waals surface area (Å²) in [5, 5.41) is 13.4. The van der Waals surface area contributed by atoms with Crippen molar-refractivity contribution >= 4 is 23.6 Å². The molecule has 0 bridgehead atoms. The molecule has 2 N–H and O–H groups in total. The van der Waals surface area contributed by atoms with Crippen LogP contribution in [0.1, 0.15) is 38.8 Å². The third-order valence-corrected chi connectivity index (χ3v) is 4.00. The van der Waals surface area contributed by atoms with Crippen LogP contribution in [0.25, 0.3) is 6.08 Å². The predicted molar refractivity (Wildman–Crippen MR) is 83.7 cm³/mol. The largest absolute Gasteiger partial charge is 0.388 e. The molecule has 0 atom stereocenters. The average molecular weight is 296 g/mol. The number of nitrogens with one attached hydrogen (secondary N) is 1. The summed E-state index contributed by atoms with van der Waals surface area (Å²) < 4.78 is 0. The van der Waals surface area contributed by atoms with Crippen LogP contribution >= 0.6 is 11.6 Å². The van der Waals surface area contributed by atoms with E-state index in [1.54, 1.807) is 33.8 Å². The number of hydrogen-bond acceptors (Lipinski definition) is 2. The molecule has 1 amide bonds. The second kappa shape index (κ2) is 5.98. The Bertz CT molecular complexity index is 528. The van der Waals surface area contributed by atoms with E-state index < -0.39 is 11.1 Å². The van der Waals surface area contributed by atoms with Gasteiger partial charge in [-0.3, -0.25) is 4.79 Å². The van der Waals surface area contributed by atoms with Crippen molar-refractivity contribution in [3.05, 3.63) is 40.4 Å². The second-order valence-electron chi connectivity index (χ2n) is 6.02. The van der Waals surface area contributed by atoms with Crippen LogP contribution in [0, 0.1) is 6.92 Å². The molecule has 0 saturated heterocycles. The molecule has 110 valence electrons. The van der Waals surface area contributed by atoms with Crippen molar-refractivity contribution in [2.24, 2.45) is 0 Å². The monoisotopic (exact) mass is 295 g/mol. The molecule has 0 aromatic heterocycles. The molecule has 0 spiro atoms. The Morgan fingerprint density at radius 1 is 1.30 bits per heavy atom. The molecule has 0 unspecified atom stereocenters. The van der Waals surface area contributed by atoms with Crippen LogP contribution < -0.4 is 5.32 Å². The Balaban J connectivity index is 2.76. The van der Waals surface area contributed by atoms with Gasteiger partial charge in [0.25, 0.3) is 0 Å². The van der Waals surface area contributed by atoms with Gasteiger partial charge in [-0.15, -0.1) is 0 Å². The lowest BCUT2D eigenvalue weighted by Gasteiger charge is -2.37. The molecule has 0 radical (unpaired) electrons. The molecule has 0 aliphatic rings. The summed E-state index contributed by atoms with van der Waals surface area (Å²) in [4.78, 5) is 11.9. The minimum Gasteiger partial charge on any atom is -0.388 e. The number of carbonyl (C=O) groups is 1. The van der Waals surface area contributed by atoms with Gasteiger partial charge >= 0.3 is 0 Å². The van der Waals surface area contributed by atoms with Crippen molar-refractivity contribution in [2.75, 3.05) is 0 Å². The molecule has 20 heavy (non-hydrogen) atoms. The van der Waals surface area contributed by atoms with E-state index in [-0.39, 0.29) is 5.91 Å². The van der Waals surface area contributed by atoms with Crippen molar-refractivity contribution in [3.63, 3.8) is 0 Å². The summed E-state index contributed by atoms with van der Waals surface area (Å²) in [5.41, 5.74) is 0.122. The lowest BCUT2D eigenvalue weighted by atomic mass is 9.86. The van der Waals surface area contributed by atoms with E-state index in [1.807, 2.05) is 25.1 Å². The third-order valence-electron chi connectivity index (χ3n) is 3.59. The topological polar surface area (TPSA) is 49.3 Å². The first-order chi connectivity index (χ1) is 9.03. The molecule has 3 nitrogen and oxygen atoms in total. The molecule has 0 aliphatic heterocycles. The fraction of sp³-hybridized carbons (Fsp3) is 0.438. The first-order valence-corrected chi connectivity index (χ1v) is 6.89. The number of aryl methyl sites for hydroxylation is 1. The van der Waals surface area contributed by atoms with Crippen LogP contribution in [-0.4, -0.2) is 22.2 Å². The number of benzene rings is 1. The lowest BCUT2D eigenvalue weighted by Crippen LogP contribution is -2.57. The van der Waals surface area contributed by atoms with Crippen LogP contribution in [0.15, 0.2) is 24.3 Å². The lowest BCUT2D eigenvalue weighted by molar-refractivity contribution is -0.121. The smallest absolute Gasteiger partial charge is 0.244 e. The molecular weight excluding hydrogens is 274 g/mol. The zero-order chi connectivity index (χ0) is 15.6. The number of rotatable bonds is 4. The SMILES string of the molecule is Cc1ccc(/C=C/C(=O)NC(C)(C)C(C)(C)O)cc1Cl. The van der Waals surface area contributed by atoms with Crippen molar-refractivity contribution < 1.29 is 9.90 Å². The van der Waals surface area contributed by atoms with Gasteiger partial charge < -0.3 is 10.4 Å². The maximum absolute atomic E-state index is 11.9. The highest BCUT2D eigenvalue weighted by Crippen LogP contribution is 2.21. The van der Waals surface area contributed by atoms with E-state index in [0.29, 0.717) is 5.02 Å². The molecule has 0 saturated carbocycles. The predicted octanol–water partition coefficient (Wildman–Crippen LogP) is 3.33. The zero-order valence-electron chi connectivity index (χ0n) is 12.6. The Labute approximate surface area is 125 Å². The van der Waals surface area contributed by atoms with E-state index in [2.05, 4.69) is 5.32 Å². The Morgan fingerprint density at radius 2 is 1.90 bits per heavy atom. The van der Waals surface area contributed by atoms with E-state index in [0.717, 1.165) is 11.1 Å². The van der Waals surface area contributed by atoms with Crippen molar-refractivity contribution in [2.45, 2.75) is 45.8 Å². The Morgan fingerprint density at radius 3 is 2.40 bits per heavy atom. The molecule has 1 aromatic rings. The Kier molecular flexibility index (Phi) is 5.00. The van der Waals surface area contributed by atoms with Crippen molar-refractivity contribution in [1.82, 2.24) is 5.32 Å². The zero-order valence-corrected chi connectivity index (χ0v) is 13.4. The van der Waals surface area contributed by atoms with E-state index >= 15 is 0 Å². The van der Waals surface area contributed by atoms with E-state index in [1.165, 1.54) is 6.08 Å². The van der Waals surface area contributed by atoms with Gasteiger partial charge in [-0.25, -0.2) is 0 Å². The van der Waals surface area contributed by atoms with Crippen LogP contribution in [0.2, 0.25) is 5.02 Å². The summed E-state index contributed by atoms with van der Waals surface area (Å²) >= 11 is 6.03. The summed E-state index contributed by atoms with van der Waals surface area (Å²) in [6, 6.07) is 5.61. The van der Waals surface area contributed by atoms with Gasteiger partial charge in [0, 0.05) is 11.1 Å². The highest BCUT2D eigenvalue weighted by Gasteiger charge is 2.35.